The van der Waals surface area contributed by atoms with Crippen molar-refractivity contribution in [2.45, 2.75) is 6.92 Å². The van der Waals surface area contributed by atoms with Crippen molar-refractivity contribution in [1.82, 2.24) is 9.13 Å². The smallest absolute Gasteiger partial charge is 0.259 e. The SMILES string of the molecule is C=C(c1ccccc1)c1ccccc1-c1c(C)c(=O)n(-c2ccccc2)c2c3ccccc3n(-c3ccccc3)c12. The maximum absolute atomic E-state index is 14.4. The minimum atomic E-state index is -0.0326. The molecule has 0 spiro atoms. The first kappa shape index (κ1) is 24.6. The third kappa shape index (κ3) is 3.94. The Balaban J connectivity index is 1.70. The van der Waals surface area contributed by atoms with Crippen LogP contribution in [-0.2, 0) is 0 Å². The van der Waals surface area contributed by atoms with Crippen molar-refractivity contribution in [2.75, 3.05) is 0 Å². The standard InChI is InChI=1S/C38H28N2O/c1-26(28-16-6-3-7-17-28)31-22-12-13-23-32(31)35-27(2)38(41)40(30-20-10-5-11-21-30)36-33-24-14-15-25-34(33)39(37(35)36)29-18-8-4-9-19-29/h3-25H,1H2,2H3. The molecule has 0 saturated carbocycles. The molecule has 0 radical (unpaired) electrons. The zero-order valence-corrected chi connectivity index (χ0v) is 22.8. The van der Waals surface area contributed by atoms with Gasteiger partial charge in [-0.3, -0.25) is 9.36 Å². The molecule has 0 aliphatic heterocycles. The number of para-hydroxylation sites is 3. The Morgan fingerprint density at radius 2 is 1.12 bits per heavy atom. The summed E-state index contributed by atoms with van der Waals surface area (Å²) < 4.78 is 4.18. The molecular formula is C38H28N2O. The Morgan fingerprint density at radius 1 is 0.585 bits per heavy atom. The number of aromatic nitrogens is 2. The zero-order chi connectivity index (χ0) is 27.9. The maximum atomic E-state index is 14.4. The van der Waals surface area contributed by atoms with Gasteiger partial charge in [-0.15, -0.1) is 0 Å². The van der Waals surface area contributed by atoms with E-state index in [0.29, 0.717) is 5.56 Å². The average Bonchev–Trinajstić information content (AvgIpc) is 3.37. The van der Waals surface area contributed by atoms with Crippen LogP contribution in [0.4, 0.5) is 0 Å². The molecular weight excluding hydrogens is 500 g/mol. The van der Waals surface area contributed by atoms with E-state index in [0.717, 1.165) is 61.1 Å². The highest BCUT2D eigenvalue weighted by Crippen LogP contribution is 2.42. The Bertz CT molecular complexity index is 2120. The van der Waals surface area contributed by atoms with Crippen molar-refractivity contribution in [3.63, 3.8) is 0 Å². The van der Waals surface area contributed by atoms with E-state index in [4.69, 9.17) is 0 Å². The minimum Gasteiger partial charge on any atom is -0.307 e. The summed E-state index contributed by atoms with van der Waals surface area (Å²) >= 11 is 0. The largest absolute Gasteiger partial charge is 0.307 e. The molecule has 7 aromatic rings. The number of pyridine rings is 1. The molecule has 0 atom stereocenters. The Kier molecular flexibility index (Phi) is 5.98. The molecule has 0 amide bonds. The first-order valence-corrected chi connectivity index (χ1v) is 13.8. The number of fused-ring (bicyclic) bond motifs is 3. The van der Waals surface area contributed by atoms with E-state index in [1.807, 2.05) is 84.3 Å². The summed E-state index contributed by atoms with van der Waals surface area (Å²) in [6, 6.07) is 47.2. The van der Waals surface area contributed by atoms with Crippen molar-refractivity contribution < 1.29 is 0 Å². The van der Waals surface area contributed by atoms with Crippen LogP contribution in [0.25, 0.3) is 50.0 Å². The quantitative estimate of drug-likeness (QED) is 0.219. The molecule has 0 fully saturated rings. The van der Waals surface area contributed by atoms with E-state index in [-0.39, 0.29) is 5.56 Å². The van der Waals surface area contributed by atoms with Gasteiger partial charge >= 0.3 is 0 Å². The molecule has 0 aliphatic rings. The van der Waals surface area contributed by atoms with E-state index < -0.39 is 0 Å². The molecule has 196 valence electrons. The second-order valence-electron chi connectivity index (χ2n) is 10.3. The van der Waals surface area contributed by atoms with E-state index >= 15 is 0 Å². The molecule has 0 unspecified atom stereocenters. The van der Waals surface area contributed by atoms with Gasteiger partial charge in [0.1, 0.15) is 0 Å². The molecule has 2 heterocycles. The lowest BCUT2D eigenvalue weighted by Crippen LogP contribution is -2.22. The molecule has 3 nitrogen and oxygen atoms in total. The van der Waals surface area contributed by atoms with Gasteiger partial charge in [0.05, 0.1) is 16.6 Å². The lowest BCUT2D eigenvalue weighted by molar-refractivity contribution is 1.02. The second-order valence-corrected chi connectivity index (χ2v) is 10.3. The van der Waals surface area contributed by atoms with Gasteiger partial charge in [0.25, 0.3) is 5.56 Å². The van der Waals surface area contributed by atoms with Crippen LogP contribution in [0.15, 0.2) is 151 Å². The number of hydrogen-bond donors (Lipinski definition) is 0. The third-order valence-corrected chi connectivity index (χ3v) is 7.88. The van der Waals surface area contributed by atoms with E-state index in [2.05, 4.69) is 77.9 Å². The lowest BCUT2D eigenvalue weighted by atomic mass is 9.89. The van der Waals surface area contributed by atoms with Crippen molar-refractivity contribution in [1.29, 1.82) is 0 Å². The van der Waals surface area contributed by atoms with Crippen LogP contribution in [0, 0.1) is 6.92 Å². The highest BCUT2D eigenvalue weighted by Gasteiger charge is 2.25. The molecule has 0 aliphatic carbocycles. The highest BCUT2D eigenvalue weighted by atomic mass is 16.1. The van der Waals surface area contributed by atoms with Crippen molar-refractivity contribution >= 4 is 27.5 Å². The summed E-state index contributed by atoms with van der Waals surface area (Å²) in [5.74, 6) is 0. The fraction of sp³-hybridized carbons (Fsp3) is 0.0263. The fourth-order valence-corrected chi connectivity index (χ4v) is 5.99. The van der Waals surface area contributed by atoms with Crippen molar-refractivity contribution in [3.05, 3.63) is 173 Å². The van der Waals surface area contributed by atoms with Gasteiger partial charge in [-0.1, -0.05) is 116 Å². The summed E-state index contributed by atoms with van der Waals surface area (Å²) in [5, 5.41) is 1.02. The molecule has 0 N–H and O–H groups in total. The first-order valence-electron chi connectivity index (χ1n) is 13.8. The van der Waals surface area contributed by atoms with Crippen LogP contribution in [0.5, 0.6) is 0 Å². The van der Waals surface area contributed by atoms with Crippen molar-refractivity contribution in [3.8, 4) is 22.5 Å². The van der Waals surface area contributed by atoms with Crippen LogP contribution < -0.4 is 5.56 Å². The van der Waals surface area contributed by atoms with Crippen LogP contribution in [0.3, 0.4) is 0 Å². The summed E-state index contributed by atoms with van der Waals surface area (Å²) in [6.07, 6.45) is 0. The molecule has 7 rings (SSSR count). The predicted octanol–water partition coefficient (Wildman–Crippen LogP) is 8.97. The molecule has 0 bridgehead atoms. The number of hydrogen-bond acceptors (Lipinski definition) is 1. The van der Waals surface area contributed by atoms with Crippen molar-refractivity contribution in [2.24, 2.45) is 0 Å². The normalized spacial score (nSPS) is 11.2. The summed E-state index contributed by atoms with van der Waals surface area (Å²) in [7, 11) is 0. The maximum Gasteiger partial charge on any atom is 0.259 e. The second kappa shape index (κ2) is 9.96. The van der Waals surface area contributed by atoms with Gasteiger partial charge in [-0.05, 0) is 59.5 Å². The van der Waals surface area contributed by atoms with Crippen LogP contribution >= 0.6 is 0 Å². The molecule has 41 heavy (non-hydrogen) atoms. The van der Waals surface area contributed by atoms with Gasteiger partial charge in [0.2, 0.25) is 0 Å². The minimum absolute atomic E-state index is 0.0326. The first-order chi connectivity index (χ1) is 20.1. The van der Waals surface area contributed by atoms with Gasteiger partial charge in [-0.25, -0.2) is 0 Å². The number of rotatable bonds is 5. The third-order valence-electron chi connectivity index (χ3n) is 7.88. The highest BCUT2D eigenvalue weighted by molar-refractivity contribution is 6.14. The van der Waals surface area contributed by atoms with Gasteiger partial charge in [-0.2, -0.15) is 0 Å². The molecule has 0 saturated heterocycles. The summed E-state index contributed by atoms with van der Waals surface area (Å²) in [5.41, 5.74) is 10.3. The predicted molar refractivity (Wildman–Crippen MR) is 171 cm³/mol. The van der Waals surface area contributed by atoms with E-state index in [9.17, 15) is 4.79 Å². The van der Waals surface area contributed by atoms with Gasteiger partial charge < -0.3 is 4.57 Å². The van der Waals surface area contributed by atoms with E-state index in [1.165, 1.54) is 0 Å². The molecule has 2 aromatic heterocycles. The molecule has 5 aromatic carbocycles. The molecule has 3 heteroatoms. The number of nitrogens with zero attached hydrogens (tertiary/aromatic N) is 2. The topological polar surface area (TPSA) is 26.9 Å². The Morgan fingerprint density at radius 3 is 1.80 bits per heavy atom. The van der Waals surface area contributed by atoms with Crippen LogP contribution in [-0.4, -0.2) is 9.13 Å². The average molecular weight is 529 g/mol. The summed E-state index contributed by atoms with van der Waals surface area (Å²) in [6.45, 7) is 6.46. The van der Waals surface area contributed by atoms with Crippen LogP contribution in [0.2, 0.25) is 0 Å². The number of benzene rings is 5. The van der Waals surface area contributed by atoms with Crippen LogP contribution in [0.1, 0.15) is 16.7 Å². The monoisotopic (exact) mass is 528 g/mol. The zero-order valence-electron chi connectivity index (χ0n) is 22.8. The van der Waals surface area contributed by atoms with Gasteiger partial charge in [0.15, 0.2) is 0 Å². The van der Waals surface area contributed by atoms with Gasteiger partial charge in [0, 0.05) is 27.9 Å². The lowest BCUT2D eigenvalue weighted by Gasteiger charge is -2.20. The fourth-order valence-electron chi connectivity index (χ4n) is 5.99. The Hall–Kier alpha value is -5.41. The summed E-state index contributed by atoms with van der Waals surface area (Å²) in [4.78, 5) is 14.4. The van der Waals surface area contributed by atoms with E-state index in [1.54, 1.807) is 0 Å². The Labute approximate surface area is 238 Å².